The van der Waals surface area contributed by atoms with E-state index in [4.69, 9.17) is 9.47 Å². The van der Waals surface area contributed by atoms with E-state index in [0.29, 0.717) is 35.2 Å². The maximum Gasteiger partial charge on any atom is 0.308 e. The summed E-state index contributed by atoms with van der Waals surface area (Å²) in [5.74, 6) is 2.26. The van der Waals surface area contributed by atoms with E-state index in [0.717, 1.165) is 12.8 Å². The van der Waals surface area contributed by atoms with E-state index in [1.165, 1.54) is 25.0 Å². The van der Waals surface area contributed by atoms with Gasteiger partial charge in [-0.15, -0.1) is 0 Å². The summed E-state index contributed by atoms with van der Waals surface area (Å²) in [5.41, 5.74) is 2.49. The minimum atomic E-state index is -0.313. The van der Waals surface area contributed by atoms with Gasteiger partial charge in [-0.1, -0.05) is 52.0 Å². The summed E-state index contributed by atoms with van der Waals surface area (Å²) in [7, 11) is 0. The van der Waals surface area contributed by atoms with Crippen LogP contribution in [-0.2, 0) is 9.59 Å². The first-order valence-electron chi connectivity index (χ1n) is 10.7. The Bertz CT molecular complexity index is 748. The lowest BCUT2D eigenvalue weighted by Crippen LogP contribution is -2.16. The monoisotopic (exact) mass is 410 g/mol. The molecule has 30 heavy (non-hydrogen) atoms. The van der Waals surface area contributed by atoms with Crippen LogP contribution in [0.15, 0.2) is 48.5 Å². The van der Waals surface area contributed by atoms with Crippen LogP contribution in [0.2, 0.25) is 0 Å². The highest BCUT2D eigenvalue weighted by Crippen LogP contribution is 2.42. The average Bonchev–Trinajstić information content (AvgIpc) is 2.65. The van der Waals surface area contributed by atoms with Crippen LogP contribution in [0, 0.1) is 11.8 Å². The summed E-state index contributed by atoms with van der Waals surface area (Å²) in [6.45, 7) is 11.8. The fourth-order valence-corrected chi connectivity index (χ4v) is 3.98. The zero-order valence-electron chi connectivity index (χ0n) is 19.0. The van der Waals surface area contributed by atoms with Gasteiger partial charge in [0, 0.05) is 13.8 Å². The lowest BCUT2D eigenvalue weighted by molar-refractivity contribution is -0.132. The Kier molecular flexibility index (Phi) is 8.64. The standard InChI is InChI=1S/C26H34O4/c1-17(2)15-25(21-7-11-23(12-8-21)29-19(5)27)26(16-18(3)4)22-9-13-24(14-10-22)30-20(6)28/h7-14,17-18,25-26H,15-16H2,1-6H3. The van der Waals surface area contributed by atoms with Gasteiger partial charge in [-0.05, 0) is 71.9 Å². The smallest absolute Gasteiger partial charge is 0.308 e. The molecule has 0 fully saturated rings. The third kappa shape index (κ3) is 7.33. The van der Waals surface area contributed by atoms with Crippen LogP contribution in [-0.4, -0.2) is 11.9 Å². The van der Waals surface area contributed by atoms with E-state index in [-0.39, 0.29) is 11.9 Å². The van der Waals surface area contributed by atoms with Gasteiger partial charge in [-0.25, -0.2) is 0 Å². The molecule has 0 amide bonds. The summed E-state index contributed by atoms with van der Waals surface area (Å²) in [6.07, 6.45) is 2.10. The van der Waals surface area contributed by atoms with Crippen LogP contribution < -0.4 is 9.47 Å². The molecule has 0 aliphatic carbocycles. The Balaban J connectivity index is 2.39. The van der Waals surface area contributed by atoms with Crippen molar-refractivity contribution in [2.75, 3.05) is 0 Å². The van der Waals surface area contributed by atoms with Gasteiger partial charge in [0.2, 0.25) is 0 Å². The number of ether oxygens (including phenoxy) is 2. The van der Waals surface area contributed by atoms with E-state index in [2.05, 4.69) is 52.0 Å². The second kappa shape index (κ2) is 11.0. The van der Waals surface area contributed by atoms with Gasteiger partial charge in [-0.2, -0.15) is 0 Å². The molecular weight excluding hydrogens is 376 g/mol. The zero-order valence-corrected chi connectivity index (χ0v) is 19.0. The van der Waals surface area contributed by atoms with Crippen LogP contribution in [0.25, 0.3) is 0 Å². The normalized spacial score (nSPS) is 13.2. The summed E-state index contributed by atoms with van der Waals surface area (Å²) in [4.78, 5) is 22.5. The van der Waals surface area contributed by atoms with Crippen molar-refractivity contribution in [2.45, 2.75) is 66.2 Å². The molecule has 0 saturated carbocycles. The van der Waals surface area contributed by atoms with E-state index < -0.39 is 0 Å². The summed E-state index contributed by atoms with van der Waals surface area (Å²) >= 11 is 0. The number of hydrogen-bond acceptors (Lipinski definition) is 4. The lowest BCUT2D eigenvalue weighted by atomic mass is 9.73. The van der Waals surface area contributed by atoms with Gasteiger partial charge in [0.1, 0.15) is 11.5 Å². The number of benzene rings is 2. The molecule has 2 aromatic carbocycles. The van der Waals surface area contributed by atoms with E-state index in [1.807, 2.05) is 24.3 Å². The van der Waals surface area contributed by atoms with Crippen molar-refractivity contribution >= 4 is 11.9 Å². The van der Waals surface area contributed by atoms with Crippen LogP contribution in [0.4, 0.5) is 0 Å². The van der Waals surface area contributed by atoms with Crippen molar-refractivity contribution in [3.63, 3.8) is 0 Å². The molecule has 0 radical (unpaired) electrons. The number of hydrogen-bond donors (Lipinski definition) is 0. The third-order valence-electron chi connectivity index (χ3n) is 5.08. The van der Waals surface area contributed by atoms with Gasteiger partial charge >= 0.3 is 11.9 Å². The van der Waals surface area contributed by atoms with Gasteiger partial charge in [0.25, 0.3) is 0 Å². The third-order valence-corrected chi connectivity index (χ3v) is 5.08. The molecule has 2 rings (SSSR count). The Morgan fingerprint density at radius 1 is 0.633 bits per heavy atom. The number of esters is 2. The molecule has 2 aromatic rings. The summed E-state index contributed by atoms with van der Waals surface area (Å²) in [6, 6.07) is 15.8. The van der Waals surface area contributed by atoms with Crippen molar-refractivity contribution in [3.8, 4) is 11.5 Å². The van der Waals surface area contributed by atoms with Crippen molar-refractivity contribution in [3.05, 3.63) is 59.7 Å². The molecule has 162 valence electrons. The number of carbonyl (C=O) groups excluding carboxylic acids is 2. The molecule has 0 aliphatic rings. The molecule has 2 atom stereocenters. The van der Waals surface area contributed by atoms with Crippen molar-refractivity contribution in [2.24, 2.45) is 11.8 Å². The summed E-state index contributed by atoms with van der Waals surface area (Å²) < 4.78 is 10.4. The first kappa shape index (κ1) is 23.7. The Morgan fingerprint density at radius 2 is 0.933 bits per heavy atom. The van der Waals surface area contributed by atoms with Gasteiger partial charge in [-0.3, -0.25) is 9.59 Å². The van der Waals surface area contributed by atoms with Gasteiger partial charge in [0.15, 0.2) is 0 Å². The van der Waals surface area contributed by atoms with E-state index >= 15 is 0 Å². The molecule has 0 spiro atoms. The fourth-order valence-electron chi connectivity index (χ4n) is 3.98. The number of rotatable bonds is 9. The van der Waals surface area contributed by atoms with E-state index in [1.54, 1.807) is 0 Å². The molecule has 0 aromatic heterocycles. The van der Waals surface area contributed by atoms with Crippen LogP contribution in [0.5, 0.6) is 11.5 Å². The lowest BCUT2D eigenvalue weighted by Gasteiger charge is -2.31. The highest BCUT2D eigenvalue weighted by Gasteiger charge is 2.27. The molecule has 0 saturated heterocycles. The first-order chi connectivity index (χ1) is 14.2. The Hall–Kier alpha value is -2.62. The predicted octanol–water partition coefficient (Wildman–Crippen LogP) is 6.50. The quantitative estimate of drug-likeness (QED) is 0.350. The molecule has 0 N–H and O–H groups in total. The molecule has 0 aliphatic heterocycles. The Morgan fingerprint density at radius 3 is 1.17 bits per heavy atom. The maximum absolute atomic E-state index is 11.2. The zero-order chi connectivity index (χ0) is 22.3. The van der Waals surface area contributed by atoms with Gasteiger partial charge < -0.3 is 9.47 Å². The highest BCUT2D eigenvalue weighted by molar-refractivity contribution is 5.69. The largest absolute Gasteiger partial charge is 0.427 e. The SMILES string of the molecule is CC(=O)Oc1ccc(C(CC(C)C)C(CC(C)C)c2ccc(OC(C)=O)cc2)cc1. The van der Waals surface area contributed by atoms with Crippen LogP contribution in [0.1, 0.15) is 77.3 Å². The van der Waals surface area contributed by atoms with Gasteiger partial charge in [0.05, 0.1) is 0 Å². The second-order valence-electron chi connectivity index (χ2n) is 8.80. The topological polar surface area (TPSA) is 52.6 Å². The second-order valence-corrected chi connectivity index (χ2v) is 8.80. The molecule has 2 unspecified atom stereocenters. The summed E-state index contributed by atoms with van der Waals surface area (Å²) in [5, 5.41) is 0. The Labute approximate surface area is 180 Å². The molecular formula is C26H34O4. The molecule has 4 nitrogen and oxygen atoms in total. The average molecular weight is 411 g/mol. The van der Waals surface area contributed by atoms with Crippen molar-refractivity contribution < 1.29 is 19.1 Å². The number of carbonyl (C=O) groups is 2. The minimum Gasteiger partial charge on any atom is -0.427 e. The van der Waals surface area contributed by atoms with Crippen molar-refractivity contribution in [1.82, 2.24) is 0 Å². The molecule has 4 heteroatoms. The highest BCUT2D eigenvalue weighted by atomic mass is 16.5. The van der Waals surface area contributed by atoms with Crippen LogP contribution >= 0.6 is 0 Å². The first-order valence-corrected chi connectivity index (χ1v) is 10.7. The van der Waals surface area contributed by atoms with Crippen molar-refractivity contribution in [1.29, 1.82) is 0 Å². The molecule has 0 heterocycles. The minimum absolute atomic E-state index is 0.313. The maximum atomic E-state index is 11.2. The molecule has 0 bridgehead atoms. The van der Waals surface area contributed by atoms with E-state index in [9.17, 15) is 9.59 Å². The predicted molar refractivity (Wildman–Crippen MR) is 120 cm³/mol. The van der Waals surface area contributed by atoms with Crippen LogP contribution in [0.3, 0.4) is 0 Å². The fraction of sp³-hybridized carbons (Fsp3) is 0.462.